The summed E-state index contributed by atoms with van der Waals surface area (Å²) >= 11 is 1.47. The van der Waals surface area contributed by atoms with Gasteiger partial charge in [0, 0.05) is 18.4 Å². The summed E-state index contributed by atoms with van der Waals surface area (Å²) in [6.45, 7) is 3.87. The highest BCUT2D eigenvalue weighted by Crippen LogP contribution is 2.17. The molecule has 20 heavy (non-hydrogen) atoms. The minimum atomic E-state index is -1.01. The average Bonchev–Trinajstić information content (AvgIpc) is 2.39. The standard InChI is InChI=1S/C14H19NO4S/c1-3-19-12-6-4-11(5-7-12)8-20-9-13(14(17)18)15-10(2)16/h4-7,13H,3,8-9H2,1-2H3,(H,15,16)(H,17,18)/t13-/m0/s1. The molecule has 0 bridgehead atoms. The molecule has 2 N–H and O–H groups in total. The van der Waals surface area contributed by atoms with E-state index in [1.807, 2.05) is 31.2 Å². The third-order valence-electron chi connectivity index (χ3n) is 2.46. The van der Waals surface area contributed by atoms with Gasteiger partial charge in [-0.2, -0.15) is 11.8 Å². The van der Waals surface area contributed by atoms with Gasteiger partial charge in [0.25, 0.3) is 0 Å². The molecule has 0 radical (unpaired) electrons. The van der Waals surface area contributed by atoms with E-state index in [4.69, 9.17) is 9.84 Å². The number of ether oxygens (including phenoxy) is 1. The third kappa shape index (κ3) is 5.97. The molecule has 1 rings (SSSR count). The Morgan fingerprint density at radius 3 is 2.50 bits per heavy atom. The molecule has 1 aromatic carbocycles. The number of carbonyl (C=O) groups is 2. The van der Waals surface area contributed by atoms with Gasteiger partial charge in [0.15, 0.2) is 0 Å². The van der Waals surface area contributed by atoms with E-state index in [9.17, 15) is 9.59 Å². The number of benzene rings is 1. The average molecular weight is 297 g/mol. The number of aliphatic carboxylic acids is 1. The van der Waals surface area contributed by atoms with E-state index in [2.05, 4.69) is 5.32 Å². The molecule has 1 atom stereocenters. The maximum Gasteiger partial charge on any atom is 0.327 e. The van der Waals surface area contributed by atoms with Gasteiger partial charge in [-0.3, -0.25) is 4.79 Å². The van der Waals surface area contributed by atoms with Crippen LogP contribution in [0.4, 0.5) is 0 Å². The summed E-state index contributed by atoms with van der Waals surface area (Å²) in [6, 6.07) is 6.84. The predicted octanol–water partition coefficient (Wildman–Crippen LogP) is 1.91. The van der Waals surface area contributed by atoms with E-state index in [1.165, 1.54) is 18.7 Å². The minimum Gasteiger partial charge on any atom is -0.494 e. The van der Waals surface area contributed by atoms with Crippen molar-refractivity contribution in [1.82, 2.24) is 5.32 Å². The zero-order valence-electron chi connectivity index (χ0n) is 11.6. The second-order valence-corrected chi connectivity index (χ2v) is 5.21. The highest BCUT2D eigenvalue weighted by molar-refractivity contribution is 7.98. The molecular weight excluding hydrogens is 278 g/mol. The zero-order valence-corrected chi connectivity index (χ0v) is 12.4. The largest absolute Gasteiger partial charge is 0.494 e. The van der Waals surface area contributed by atoms with Crippen LogP contribution in [-0.2, 0) is 15.3 Å². The smallest absolute Gasteiger partial charge is 0.327 e. The van der Waals surface area contributed by atoms with Gasteiger partial charge in [-0.1, -0.05) is 12.1 Å². The number of carboxylic acid groups (broad SMARTS) is 1. The fraction of sp³-hybridized carbons (Fsp3) is 0.429. The molecule has 0 aromatic heterocycles. The van der Waals surface area contributed by atoms with Gasteiger partial charge in [-0.15, -0.1) is 0 Å². The summed E-state index contributed by atoms with van der Waals surface area (Å²) in [5, 5.41) is 11.4. The Morgan fingerprint density at radius 1 is 1.35 bits per heavy atom. The summed E-state index contributed by atoms with van der Waals surface area (Å²) < 4.78 is 5.35. The second kappa shape index (κ2) is 8.47. The van der Waals surface area contributed by atoms with Gasteiger partial charge in [0.1, 0.15) is 11.8 Å². The molecule has 0 aliphatic heterocycles. The van der Waals surface area contributed by atoms with Crippen LogP contribution < -0.4 is 10.1 Å². The van der Waals surface area contributed by atoms with E-state index in [0.29, 0.717) is 18.1 Å². The number of carboxylic acids is 1. The summed E-state index contributed by atoms with van der Waals surface area (Å²) in [6.07, 6.45) is 0. The molecule has 0 unspecified atom stereocenters. The van der Waals surface area contributed by atoms with Crippen molar-refractivity contribution in [3.05, 3.63) is 29.8 Å². The van der Waals surface area contributed by atoms with Crippen molar-refractivity contribution in [2.75, 3.05) is 12.4 Å². The third-order valence-corrected chi connectivity index (χ3v) is 3.57. The highest BCUT2D eigenvalue weighted by Gasteiger charge is 2.17. The summed E-state index contributed by atoms with van der Waals surface area (Å²) in [4.78, 5) is 21.8. The Morgan fingerprint density at radius 2 is 2.00 bits per heavy atom. The molecule has 110 valence electrons. The maximum atomic E-state index is 10.9. The Bertz CT molecular complexity index is 447. The van der Waals surface area contributed by atoms with Crippen molar-refractivity contribution in [1.29, 1.82) is 0 Å². The lowest BCUT2D eigenvalue weighted by Crippen LogP contribution is -2.41. The topological polar surface area (TPSA) is 75.6 Å². The van der Waals surface area contributed by atoms with Crippen molar-refractivity contribution < 1.29 is 19.4 Å². The molecule has 0 aliphatic rings. The van der Waals surface area contributed by atoms with Gasteiger partial charge in [-0.05, 0) is 24.6 Å². The Hall–Kier alpha value is -1.69. The number of rotatable bonds is 8. The van der Waals surface area contributed by atoms with Gasteiger partial charge >= 0.3 is 5.97 Å². The lowest BCUT2D eigenvalue weighted by atomic mass is 10.2. The van der Waals surface area contributed by atoms with Crippen LogP contribution in [0, 0.1) is 0 Å². The van der Waals surface area contributed by atoms with Crippen molar-refractivity contribution in [3.63, 3.8) is 0 Å². The first-order valence-corrected chi connectivity index (χ1v) is 7.47. The van der Waals surface area contributed by atoms with E-state index in [-0.39, 0.29) is 5.91 Å². The summed E-state index contributed by atoms with van der Waals surface area (Å²) in [7, 11) is 0. The van der Waals surface area contributed by atoms with E-state index < -0.39 is 12.0 Å². The predicted molar refractivity (Wildman–Crippen MR) is 79.0 cm³/mol. The second-order valence-electron chi connectivity index (χ2n) is 4.18. The van der Waals surface area contributed by atoms with Crippen molar-refractivity contribution in [3.8, 4) is 5.75 Å². The monoisotopic (exact) mass is 297 g/mol. The molecule has 6 heteroatoms. The van der Waals surface area contributed by atoms with Crippen molar-refractivity contribution in [2.24, 2.45) is 0 Å². The molecule has 1 aromatic rings. The van der Waals surface area contributed by atoms with Crippen LogP contribution in [0.15, 0.2) is 24.3 Å². The van der Waals surface area contributed by atoms with E-state index >= 15 is 0 Å². The van der Waals surface area contributed by atoms with Crippen LogP contribution >= 0.6 is 11.8 Å². The van der Waals surface area contributed by atoms with E-state index in [0.717, 1.165) is 11.3 Å². The van der Waals surface area contributed by atoms with Crippen LogP contribution in [0.1, 0.15) is 19.4 Å². The number of hydrogen-bond donors (Lipinski definition) is 2. The Kier molecular flexibility index (Phi) is 6.93. The molecule has 5 nitrogen and oxygen atoms in total. The zero-order chi connectivity index (χ0) is 15.0. The molecular formula is C14H19NO4S. The van der Waals surface area contributed by atoms with Gasteiger partial charge in [-0.25, -0.2) is 4.79 Å². The van der Waals surface area contributed by atoms with Crippen LogP contribution in [0.5, 0.6) is 5.75 Å². The highest BCUT2D eigenvalue weighted by atomic mass is 32.2. The van der Waals surface area contributed by atoms with Crippen molar-refractivity contribution in [2.45, 2.75) is 25.6 Å². The first-order chi connectivity index (χ1) is 9.52. The number of amides is 1. The van der Waals surface area contributed by atoms with Gasteiger partial charge < -0.3 is 15.2 Å². The lowest BCUT2D eigenvalue weighted by molar-refractivity contribution is -0.140. The van der Waals surface area contributed by atoms with Crippen molar-refractivity contribution >= 4 is 23.6 Å². The fourth-order valence-corrected chi connectivity index (χ4v) is 2.57. The number of carbonyl (C=O) groups excluding carboxylic acids is 1. The SMILES string of the molecule is CCOc1ccc(CSC[C@H](NC(C)=O)C(=O)O)cc1. The van der Waals surface area contributed by atoms with Gasteiger partial charge in [0.2, 0.25) is 5.91 Å². The number of hydrogen-bond acceptors (Lipinski definition) is 4. The maximum absolute atomic E-state index is 10.9. The first-order valence-electron chi connectivity index (χ1n) is 6.32. The number of nitrogens with one attached hydrogen (secondary N) is 1. The molecule has 0 fully saturated rings. The fourth-order valence-electron chi connectivity index (χ4n) is 1.56. The summed E-state index contributed by atoms with van der Waals surface area (Å²) in [5.74, 6) is 0.499. The molecule has 0 spiro atoms. The normalized spacial score (nSPS) is 11.7. The molecule has 0 saturated heterocycles. The van der Waals surface area contributed by atoms with E-state index in [1.54, 1.807) is 0 Å². The molecule has 0 heterocycles. The molecule has 1 amide bonds. The van der Waals surface area contributed by atoms with Crippen LogP contribution in [0.2, 0.25) is 0 Å². The Labute approximate surface area is 122 Å². The van der Waals surface area contributed by atoms with Crippen LogP contribution in [0.25, 0.3) is 0 Å². The van der Waals surface area contributed by atoms with Crippen LogP contribution in [-0.4, -0.2) is 35.4 Å². The number of thioether (sulfide) groups is 1. The van der Waals surface area contributed by atoms with Crippen LogP contribution in [0.3, 0.4) is 0 Å². The first kappa shape index (κ1) is 16.4. The molecule has 0 aliphatic carbocycles. The molecule has 0 saturated carbocycles. The van der Waals surface area contributed by atoms with Gasteiger partial charge in [0.05, 0.1) is 6.61 Å². The summed E-state index contributed by atoms with van der Waals surface area (Å²) in [5.41, 5.74) is 1.09. The lowest BCUT2D eigenvalue weighted by Gasteiger charge is -2.12. The quantitative estimate of drug-likeness (QED) is 0.766. The Balaban J connectivity index is 2.42. The minimum absolute atomic E-state index is 0.334.